The molecular formula is C18H21N3O4. The average molecular weight is 343 g/mol. The number of ether oxygens (including phenoxy) is 2. The molecule has 0 saturated heterocycles. The molecular weight excluding hydrogens is 322 g/mol. The topological polar surface area (TPSA) is 93.3 Å². The van der Waals surface area contributed by atoms with E-state index in [0.717, 1.165) is 24.1 Å². The second-order valence-electron chi connectivity index (χ2n) is 6.06. The Morgan fingerprint density at radius 3 is 2.60 bits per heavy atom. The summed E-state index contributed by atoms with van der Waals surface area (Å²) >= 11 is 0. The van der Waals surface area contributed by atoms with E-state index in [0.29, 0.717) is 17.4 Å². The summed E-state index contributed by atoms with van der Waals surface area (Å²) in [6.45, 7) is 0. The molecule has 1 unspecified atom stereocenters. The predicted molar refractivity (Wildman–Crippen MR) is 90.4 cm³/mol. The molecule has 7 heteroatoms. The molecule has 132 valence electrons. The number of hydrogen-bond acceptors (Lipinski definition) is 5. The Hall–Kier alpha value is -2.83. The molecule has 1 aliphatic rings. The zero-order chi connectivity index (χ0) is 17.8. The first kappa shape index (κ1) is 17.0. The van der Waals surface area contributed by atoms with Gasteiger partial charge in [-0.15, -0.1) is 0 Å². The molecule has 3 rings (SSSR count). The molecule has 0 bridgehead atoms. The molecule has 1 atom stereocenters. The second kappa shape index (κ2) is 7.38. The maximum absolute atomic E-state index is 12.5. The SMILES string of the molecule is COC(=O)CC(NC(=O)c1cc(C2CC2)[nH]n1)c1ccc(OC)cc1. The molecule has 1 saturated carbocycles. The highest BCUT2D eigenvalue weighted by atomic mass is 16.5. The van der Waals surface area contributed by atoms with E-state index in [1.165, 1.54) is 7.11 Å². The smallest absolute Gasteiger partial charge is 0.307 e. The van der Waals surface area contributed by atoms with Crippen molar-refractivity contribution >= 4 is 11.9 Å². The number of rotatable bonds is 7. The number of nitrogens with zero attached hydrogens (tertiary/aromatic N) is 1. The Balaban J connectivity index is 1.75. The van der Waals surface area contributed by atoms with Crippen molar-refractivity contribution in [1.29, 1.82) is 0 Å². The van der Waals surface area contributed by atoms with Gasteiger partial charge in [-0.25, -0.2) is 0 Å². The molecule has 0 aliphatic heterocycles. The quantitative estimate of drug-likeness (QED) is 0.753. The van der Waals surface area contributed by atoms with Crippen LogP contribution in [0, 0.1) is 0 Å². The molecule has 25 heavy (non-hydrogen) atoms. The number of carbonyl (C=O) groups excluding carboxylic acids is 2. The van der Waals surface area contributed by atoms with Gasteiger partial charge in [-0.2, -0.15) is 5.10 Å². The van der Waals surface area contributed by atoms with E-state index in [9.17, 15) is 9.59 Å². The van der Waals surface area contributed by atoms with Gasteiger partial charge in [0.05, 0.1) is 26.7 Å². The molecule has 1 heterocycles. The fourth-order valence-corrected chi connectivity index (χ4v) is 2.63. The van der Waals surface area contributed by atoms with Gasteiger partial charge in [0.1, 0.15) is 11.4 Å². The third-order valence-electron chi connectivity index (χ3n) is 4.27. The highest BCUT2D eigenvalue weighted by Gasteiger charge is 2.27. The first-order valence-corrected chi connectivity index (χ1v) is 8.17. The average Bonchev–Trinajstić information content (AvgIpc) is 3.37. The van der Waals surface area contributed by atoms with Gasteiger partial charge in [0.25, 0.3) is 5.91 Å². The first-order chi connectivity index (χ1) is 12.1. The Kier molecular flexibility index (Phi) is 5.02. The summed E-state index contributed by atoms with van der Waals surface area (Å²) < 4.78 is 9.88. The van der Waals surface area contributed by atoms with Gasteiger partial charge in [-0.05, 0) is 36.6 Å². The van der Waals surface area contributed by atoms with E-state index >= 15 is 0 Å². The number of methoxy groups -OCH3 is 2. The van der Waals surface area contributed by atoms with Crippen LogP contribution < -0.4 is 10.1 Å². The lowest BCUT2D eigenvalue weighted by Crippen LogP contribution is -2.30. The van der Waals surface area contributed by atoms with Crippen LogP contribution in [0.25, 0.3) is 0 Å². The van der Waals surface area contributed by atoms with Crippen LogP contribution in [-0.2, 0) is 9.53 Å². The highest BCUT2D eigenvalue weighted by Crippen LogP contribution is 2.39. The van der Waals surface area contributed by atoms with Crippen LogP contribution in [0.1, 0.15) is 53.0 Å². The standard InChI is InChI=1S/C18H21N3O4/c1-24-13-7-5-11(6-8-13)14(10-17(22)25-2)19-18(23)16-9-15(20-21-16)12-3-4-12/h5-9,12,14H,3-4,10H2,1-2H3,(H,19,23)(H,20,21). The maximum Gasteiger partial charge on any atom is 0.307 e. The minimum Gasteiger partial charge on any atom is -0.497 e. The van der Waals surface area contributed by atoms with Gasteiger partial charge in [-0.1, -0.05) is 12.1 Å². The summed E-state index contributed by atoms with van der Waals surface area (Å²) in [5, 5.41) is 9.85. The van der Waals surface area contributed by atoms with Crippen molar-refractivity contribution in [3.8, 4) is 5.75 Å². The number of esters is 1. The summed E-state index contributed by atoms with van der Waals surface area (Å²) in [6.07, 6.45) is 2.29. The van der Waals surface area contributed by atoms with E-state index in [1.807, 2.05) is 12.1 Å². The first-order valence-electron chi connectivity index (χ1n) is 8.17. The Morgan fingerprint density at radius 1 is 1.28 bits per heavy atom. The van der Waals surface area contributed by atoms with Gasteiger partial charge >= 0.3 is 5.97 Å². The molecule has 1 aromatic carbocycles. The van der Waals surface area contributed by atoms with Crippen molar-refractivity contribution in [2.75, 3.05) is 14.2 Å². The summed E-state index contributed by atoms with van der Waals surface area (Å²) in [6, 6.07) is 8.46. The minimum atomic E-state index is -0.507. The lowest BCUT2D eigenvalue weighted by Gasteiger charge is -2.18. The highest BCUT2D eigenvalue weighted by molar-refractivity contribution is 5.93. The maximum atomic E-state index is 12.5. The van der Waals surface area contributed by atoms with Crippen LogP contribution in [0.4, 0.5) is 0 Å². The van der Waals surface area contributed by atoms with Crippen LogP contribution in [0.2, 0.25) is 0 Å². The molecule has 1 aromatic heterocycles. The third kappa shape index (κ3) is 4.17. The third-order valence-corrected chi connectivity index (χ3v) is 4.27. The van der Waals surface area contributed by atoms with Gasteiger partial charge in [-0.3, -0.25) is 14.7 Å². The van der Waals surface area contributed by atoms with Gasteiger partial charge in [0.2, 0.25) is 0 Å². The number of nitrogens with one attached hydrogen (secondary N) is 2. The summed E-state index contributed by atoms with van der Waals surface area (Å²) in [7, 11) is 2.91. The van der Waals surface area contributed by atoms with Crippen molar-refractivity contribution in [2.45, 2.75) is 31.2 Å². The van der Waals surface area contributed by atoms with Crippen LogP contribution in [0.3, 0.4) is 0 Å². The molecule has 0 radical (unpaired) electrons. The van der Waals surface area contributed by atoms with Crippen molar-refractivity contribution in [2.24, 2.45) is 0 Å². The molecule has 1 aliphatic carbocycles. The number of aromatic nitrogens is 2. The molecule has 2 N–H and O–H groups in total. The molecule has 0 spiro atoms. The fraction of sp³-hybridized carbons (Fsp3) is 0.389. The van der Waals surface area contributed by atoms with Gasteiger partial charge in [0, 0.05) is 11.6 Å². The second-order valence-corrected chi connectivity index (χ2v) is 6.06. The monoisotopic (exact) mass is 343 g/mol. The van der Waals surface area contributed by atoms with E-state index < -0.39 is 12.0 Å². The van der Waals surface area contributed by atoms with Crippen LogP contribution in [-0.4, -0.2) is 36.3 Å². The van der Waals surface area contributed by atoms with E-state index in [4.69, 9.17) is 9.47 Å². The number of benzene rings is 1. The molecule has 1 amide bonds. The summed E-state index contributed by atoms with van der Waals surface area (Å²) in [5.74, 6) is 0.462. The van der Waals surface area contributed by atoms with Gasteiger partial charge < -0.3 is 14.8 Å². The number of amides is 1. The Morgan fingerprint density at radius 2 is 2.00 bits per heavy atom. The van der Waals surface area contributed by atoms with Crippen molar-refractivity contribution < 1.29 is 19.1 Å². The largest absolute Gasteiger partial charge is 0.497 e. The summed E-state index contributed by atoms with van der Waals surface area (Å²) in [4.78, 5) is 24.2. The molecule has 7 nitrogen and oxygen atoms in total. The Bertz CT molecular complexity index is 750. The normalized spacial score (nSPS) is 14.6. The van der Waals surface area contributed by atoms with Crippen molar-refractivity contribution in [3.63, 3.8) is 0 Å². The zero-order valence-electron chi connectivity index (χ0n) is 14.2. The van der Waals surface area contributed by atoms with Crippen molar-refractivity contribution in [1.82, 2.24) is 15.5 Å². The summed E-state index contributed by atoms with van der Waals surface area (Å²) in [5.41, 5.74) is 2.10. The predicted octanol–water partition coefficient (Wildman–Crippen LogP) is 2.33. The van der Waals surface area contributed by atoms with E-state index in [1.54, 1.807) is 25.3 Å². The number of H-pyrrole nitrogens is 1. The van der Waals surface area contributed by atoms with Crippen LogP contribution >= 0.6 is 0 Å². The minimum absolute atomic E-state index is 0.0362. The van der Waals surface area contributed by atoms with Crippen LogP contribution in [0.5, 0.6) is 5.75 Å². The number of carbonyl (C=O) groups is 2. The lowest BCUT2D eigenvalue weighted by molar-refractivity contribution is -0.141. The molecule has 2 aromatic rings. The Labute approximate surface area is 145 Å². The van der Waals surface area contributed by atoms with Gasteiger partial charge in [0.15, 0.2) is 0 Å². The number of hydrogen-bond donors (Lipinski definition) is 2. The number of aromatic amines is 1. The van der Waals surface area contributed by atoms with Crippen LogP contribution in [0.15, 0.2) is 30.3 Å². The van der Waals surface area contributed by atoms with Crippen molar-refractivity contribution in [3.05, 3.63) is 47.3 Å². The lowest BCUT2D eigenvalue weighted by atomic mass is 10.0. The molecule has 1 fully saturated rings. The zero-order valence-corrected chi connectivity index (χ0v) is 14.2. The fourth-order valence-electron chi connectivity index (χ4n) is 2.63. The van der Waals surface area contributed by atoms with E-state index in [2.05, 4.69) is 15.5 Å². The van der Waals surface area contributed by atoms with E-state index in [-0.39, 0.29) is 12.3 Å².